The van der Waals surface area contributed by atoms with Gasteiger partial charge in [-0.15, -0.1) is 0 Å². The van der Waals surface area contributed by atoms with E-state index in [1.54, 1.807) is 0 Å². The van der Waals surface area contributed by atoms with Crippen LogP contribution in [0.4, 0.5) is 0 Å². The Balaban J connectivity index is 1.80. The van der Waals surface area contributed by atoms with Crippen molar-refractivity contribution in [1.29, 1.82) is 0 Å². The lowest BCUT2D eigenvalue weighted by molar-refractivity contribution is 0.463. The van der Waals surface area contributed by atoms with Crippen LogP contribution in [0.3, 0.4) is 0 Å². The Hall–Kier alpha value is -0.480. The third-order valence-corrected chi connectivity index (χ3v) is 4.75. The molecule has 0 bridgehead atoms. The first-order valence-corrected chi connectivity index (χ1v) is 7.37. The predicted octanol–water partition coefficient (Wildman–Crippen LogP) is 1.77. The van der Waals surface area contributed by atoms with Gasteiger partial charge in [-0.25, -0.2) is 4.98 Å². The molecule has 1 fully saturated rings. The maximum absolute atomic E-state index is 5.98. The lowest BCUT2D eigenvalue weighted by Crippen LogP contribution is -2.30. The lowest BCUT2D eigenvalue weighted by Gasteiger charge is -2.19. The van der Waals surface area contributed by atoms with Crippen molar-refractivity contribution in [3.63, 3.8) is 0 Å². The zero-order valence-corrected chi connectivity index (χ0v) is 10.4. The van der Waals surface area contributed by atoms with Gasteiger partial charge < -0.3 is 10.3 Å². The average molecular weight is 237 g/mol. The highest BCUT2D eigenvalue weighted by molar-refractivity contribution is 7.99. The molecule has 1 unspecified atom stereocenters. The van der Waals surface area contributed by atoms with Gasteiger partial charge in [0.15, 0.2) is 0 Å². The molecular weight excluding hydrogens is 218 g/mol. The Kier molecular flexibility index (Phi) is 2.94. The highest BCUT2D eigenvalue weighted by Crippen LogP contribution is 2.31. The summed E-state index contributed by atoms with van der Waals surface area (Å²) in [5.74, 6) is 4.52. The van der Waals surface area contributed by atoms with E-state index < -0.39 is 0 Å². The second-order valence-corrected chi connectivity index (χ2v) is 6.14. The molecule has 0 aromatic carbocycles. The predicted molar refractivity (Wildman–Crippen MR) is 67.8 cm³/mol. The maximum atomic E-state index is 5.98. The normalized spacial score (nSPS) is 26.7. The van der Waals surface area contributed by atoms with E-state index in [9.17, 15) is 0 Å². The SMILES string of the molecule is NC1CCn2cc(C3CCSCC3)nc2C1. The van der Waals surface area contributed by atoms with E-state index in [2.05, 4.69) is 22.5 Å². The van der Waals surface area contributed by atoms with Crippen molar-refractivity contribution < 1.29 is 0 Å². The molecule has 3 nitrogen and oxygen atoms in total. The number of nitrogens with two attached hydrogens (primary N) is 1. The Morgan fingerprint density at radius 2 is 2.12 bits per heavy atom. The number of aromatic nitrogens is 2. The van der Waals surface area contributed by atoms with Gasteiger partial charge >= 0.3 is 0 Å². The third-order valence-electron chi connectivity index (χ3n) is 3.70. The summed E-state index contributed by atoms with van der Waals surface area (Å²) in [4.78, 5) is 4.80. The van der Waals surface area contributed by atoms with Gasteiger partial charge in [0.25, 0.3) is 0 Å². The minimum absolute atomic E-state index is 0.324. The summed E-state index contributed by atoms with van der Waals surface area (Å²) in [6, 6.07) is 0.324. The number of hydrogen-bond donors (Lipinski definition) is 1. The van der Waals surface area contributed by atoms with Crippen LogP contribution in [0.15, 0.2) is 6.20 Å². The first-order valence-electron chi connectivity index (χ1n) is 6.22. The maximum Gasteiger partial charge on any atom is 0.110 e. The van der Waals surface area contributed by atoms with Crippen LogP contribution >= 0.6 is 11.8 Å². The third kappa shape index (κ3) is 2.00. The molecule has 1 saturated heterocycles. The van der Waals surface area contributed by atoms with Crippen molar-refractivity contribution >= 4 is 11.8 Å². The number of fused-ring (bicyclic) bond motifs is 1. The Morgan fingerprint density at radius 1 is 1.31 bits per heavy atom. The van der Waals surface area contributed by atoms with Crippen molar-refractivity contribution in [1.82, 2.24) is 9.55 Å². The zero-order chi connectivity index (χ0) is 11.0. The molecular formula is C12H19N3S. The molecule has 0 radical (unpaired) electrons. The lowest BCUT2D eigenvalue weighted by atomic mass is 10.00. The van der Waals surface area contributed by atoms with E-state index in [1.165, 1.54) is 35.9 Å². The molecule has 3 rings (SSSR count). The van der Waals surface area contributed by atoms with Crippen molar-refractivity contribution in [2.75, 3.05) is 11.5 Å². The van der Waals surface area contributed by atoms with Gasteiger partial charge in [-0.1, -0.05) is 0 Å². The van der Waals surface area contributed by atoms with Crippen molar-refractivity contribution in [2.45, 2.75) is 44.2 Å². The fraction of sp³-hybridized carbons (Fsp3) is 0.750. The van der Waals surface area contributed by atoms with Crippen LogP contribution in [0.2, 0.25) is 0 Å². The quantitative estimate of drug-likeness (QED) is 0.809. The van der Waals surface area contributed by atoms with Gasteiger partial charge in [-0.05, 0) is 30.8 Å². The van der Waals surface area contributed by atoms with E-state index in [0.29, 0.717) is 12.0 Å². The van der Waals surface area contributed by atoms with E-state index in [0.717, 1.165) is 19.4 Å². The molecule has 3 heterocycles. The number of nitrogens with zero attached hydrogens (tertiary/aromatic N) is 2. The minimum Gasteiger partial charge on any atom is -0.335 e. The monoisotopic (exact) mass is 237 g/mol. The smallest absolute Gasteiger partial charge is 0.110 e. The van der Waals surface area contributed by atoms with Crippen LogP contribution in [-0.2, 0) is 13.0 Å². The minimum atomic E-state index is 0.324. The number of hydrogen-bond acceptors (Lipinski definition) is 3. The highest BCUT2D eigenvalue weighted by Gasteiger charge is 2.22. The van der Waals surface area contributed by atoms with Crippen molar-refractivity contribution in [3.8, 4) is 0 Å². The van der Waals surface area contributed by atoms with E-state index in [1.807, 2.05) is 0 Å². The summed E-state index contributed by atoms with van der Waals surface area (Å²) in [6.07, 6.45) is 6.94. The first-order chi connectivity index (χ1) is 7.83. The summed E-state index contributed by atoms with van der Waals surface area (Å²) in [6.45, 7) is 1.06. The standard InChI is InChI=1S/C12H19N3S/c13-10-1-4-15-8-11(14-12(15)7-10)9-2-5-16-6-3-9/h8-10H,1-7,13H2. The van der Waals surface area contributed by atoms with Gasteiger partial charge in [0, 0.05) is 31.1 Å². The second kappa shape index (κ2) is 4.41. The molecule has 0 amide bonds. The molecule has 16 heavy (non-hydrogen) atoms. The van der Waals surface area contributed by atoms with Crippen LogP contribution in [-0.4, -0.2) is 27.1 Å². The number of rotatable bonds is 1. The molecule has 1 atom stereocenters. The number of imidazole rings is 1. The van der Waals surface area contributed by atoms with E-state index in [4.69, 9.17) is 10.7 Å². The van der Waals surface area contributed by atoms with E-state index in [-0.39, 0.29) is 0 Å². The molecule has 2 N–H and O–H groups in total. The van der Waals surface area contributed by atoms with Gasteiger partial charge in [0.05, 0.1) is 5.69 Å². The van der Waals surface area contributed by atoms with Crippen LogP contribution in [0.5, 0.6) is 0 Å². The topological polar surface area (TPSA) is 43.8 Å². The summed E-state index contributed by atoms with van der Waals surface area (Å²) >= 11 is 2.07. The van der Waals surface area contributed by atoms with Crippen LogP contribution in [0.25, 0.3) is 0 Å². The molecule has 1 aromatic heterocycles. The van der Waals surface area contributed by atoms with Gasteiger partial charge in [0.2, 0.25) is 0 Å². The molecule has 88 valence electrons. The Morgan fingerprint density at radius 3 is 2.94 bits per heavy atom. The summed E-state index contributed by atoms with van der Waals surface area (Å²) in [7, 11) is 0. The summed E-state index contributed by atoms with van der Waals surface area (Å²) in [5, 5.41) is 0. The molecule has 1 aromatic rings. The molecule has 2 aliphatic rings. The van der Waals surface area contributed by atoms with Crippen molar-refractivity contribution in [3.05, 3.63) is 17.7 Å². The first kappa shape index (κ1) is 10.7. The summed E-state index contributed by atoms with van der Waals surface area (Å²) in [5.41, 5.74) is 7.30. The van der Waals surface area contributed by atoms with Crippen LogP contribution in [0.1, 0.15) is 36.7 Å². The fourth-order valence-electron chi connectivity index (χ4n) is 2.66. The molecule has 0 saturated carbocycles. The number of thioether (sulfide) groups is 1. The Labute approximate surface area is 101 Å². The van der Waals surface area contributed by atoms with Gasteiger partial charge in [-0.3, -0.25) is 0 Å². The largest absolute Gasteiger partial charge is 0.335 e. The van der Waals surface area contributed by atoms with Crippen molar-refractivity contribution in [2.24, 2.45) is 5.73 Å². The van der Waals surface area contributed by atoms with Gasteiger partial charge in [0.1, 0.15) is 5.82 Å². The van der Waals surface area contributed by atoms with Gasteiger partial charge in [-0.2, -0.15) is 11.8 Å². The molecule has 4 heteroatoms. The second-order valence-electron chi connectivity index (χ2n) is 4.91. The fourth-order valence-corrected chi connectivity index (χ4v) is 3.77. The zero-order valence-electron chi connectivity index (χ0n) is 9.56. The van der Waals surface area contributed by atoms with E-state index >= 15 is 0 Å². The summed E-state index contributed by atoms with van der Waals surface area (Å²) < 4.78 is 2.32. The van der Waals surface area contributed by atoms with Crippen LogP contribution in [0, 0.1) is 0 Å². The molecule has 0 spiro atoms. The molecule has 0 aliphatic carbocycles. The average Bonchev–Trinajstić information content (AvgIpc) is 2.73. The van der Waals surface area contributed by atoms with Crippen LogP contribution < -0.4 is 5.73 Å². The number of aryl methyl sites for hydroxylation is 1. The Bertz CT molecular complexity index is 368. The highest BCUT2D eigenvalue weighted by atomic mass is 32.2. The molecule has 2 aliphatic heterocycles.